The van der Waals surface area contributed by atoms with Crippen molar-refractivity contribution in [3.05, 3.63) is 42.5 Å². The molecule has 3 rings (SSSR count). The van der Waals surface area contributed by atoms with Crippen LogP contribution >= 0.6 is 0 Å². The van der Waals surface area contributed by atoms with Crippen molar-refractivity contribution in [1.82, 2.24) is 19.5 Å². The number of fused-ring (bicyclic) bond motifs is 1. The minimum absolute atomic E-state index is 0.324. The van der Waals surface area contributed by atoms with E-state index in [1.54, 1.807) is 19.5 Å². The number of para-hydroxylation sites is 2. The number of nitrogens with two attached hydrogens (primary N) is 1. The van der Waals surface area contributed by atoms with Crippen LogP contribution in [0.5, 0.6) is 0 Å². The minimum atomic E-state index is 0.324. The second-order valence-corrected chi connectivity index (χ2v) is 4.10. The lowest BCUT2D eigenvalue weighted by Crippen LogP contribution is -2.06. The molecule has 6 heteroatoms. The Morgan fingerprint density at radius 3 is 2.95 bits per heavy atom. The van der Waals surface area contributed by atoms with Gasteiger partial charge in [-0.15, -0.1) is 0 Å². The maximum absolute atomic E-state index is 5.80. The number of imidazole rings is 1. The molecule has 0 aliphatic rings. The van der Waals surface area contributed by atoms with Crippen LogP contribution in [0.4, 0.5) is 5.82 Å². The summed E-state index contributed by atoms with van der Waals surface area (Å²) >= 11 is 0. The molecule has 3 aromatic rings. The zero-order valence-electron chi connectivity index (χ0n) is 10.4. The van der Waals surface area contributed by atoms with E-state index in [0.717, 1.165) is 11.0 Å². The minimum Gasteiger partial charge on any atom is -0.384 e. The van der Waals surface area contributed by atoms with E-state index in [4.69, 9.17) is 10.5 Å². The van der Waals surface area contributed by atoms with Gasteiger partial charge in [-0.2, -0.15) is 0 Å². The molecule has 0 aliphatic heterocycles. The van der Waals surface area contributed by atoms with E-state index in [0.29, 0.717) is 24.1 Å². The largest absolute Gasteiger partial charge is 0.384 e. The van der Waals surface area contributed by atoms with Gasteiger partial charge >= 0.3 is 0 Å². The van der Waals surface area contributed by atoms with Crippen LogP contribution in [0.1, 0.15) is 5.82 Å². The molecule has 0 saturated heterocycles. The molecule has 0 unspecified atom stereocenters. The Bertz CT molecular complexity index is 722. The van der Waals surface area contributed by atoms with Crippen LogP contribution in [0.25, 0.3) is 16.9 Å². The maximum Gasteiger partial charge on any atom is 0.158 e. The molecule has 0 bridgehead atoms. The molecule has 0 amide bonds. The third kappa shape index (κ3) is 2.13. The average molecular weight is 255 g/mol. The highest BCUT2D eigenvalue weighted by Gasteiger charge is 2.08. The number of aromatic nitrogens is 4. The van der Waals surface area contributed by atoms with Crippen molar-refractivity contribution in [2.45, 2.75) is 6.61 Å². The monoisotopic (exact) mass is 255 g/mol. The van der Waals surface area contributed by atoms with Crippen LogP contribution < -0.4 is 5.73 Å². The lowest BCUT2D eigenvalue weighted by Gasteiger charge is -2.06. The van der Waals surface area contributed by atoms with Gasteiger partial charge in [0.2, 0.25) is 0 Å². The van der Waals surface area contributed by atoms with E-state index >= 15 is 0 Å². The topological polar surface area (TPSA) is 78.9 Å². The van der Waals surface area contributed by atoms with Crippen molar-refractivity contribution in [2.75, 3.05) is 12.8 Å². The van der Waals surface area contributed by atoms with Crippen LogP contribution in [0, 0.1) is 0 Å². The Morgan fingerprint density at radius 2 is 2.11 bits per heavy atom. The first-order chi connectivity index (χ1) is 9.28. The fourth-order valence-corrected chi connectivity index (χ4v) is 1.96. The molecule has 0 fully saturated rings. The Morgan fingerprint density at radius 1 is 1.26 bits per heavy atom. The van der Waals surface area contributed by atoms with E-state index in [1.807, 2.05) is 28.8 Å². The van der Waals surface area contributed by atoms with Gasteiger partial charge in [0.1, 0.15) is 24.6 Å². The van der Waals surface area contributed by atoms with Gasteiger partial charge in [-0.25, -0.2) is 15.0 Å². The van der Waals surface area contributed by atoms with Crippen molar-refractivity contribution in [2.24, 2.45) is 0 Å². The number of anilines is 1. The number of benzene rings is 1. The predicted molar refractivity (Wildman–Crippen MR) is 71.8 cm³/mol. The van der Waals surface area contributed by atoms with Crippen LogP contribution in [0.2, 0.25) is 0 Å². The number of methoxy groups -OCH3 is 1. The third-order valence-electron chi connectivity index (χ3n) is 2.75. The van der Waals surface area contributed by atoms with Crippen LogP contribution in [0.15, 0.2) is 36.7 Å². The van der Waals surface area contributed by atoms with Crippen LogP contribution in [0.3, 0.4) is 0 Å². The summed E-state index contributed by atoms with van der Waals surface area (Å²) in [4.78, 5) is 12.9. The number of ether oxygens (including phenoxy) is 1. The van der Waals surface area contributed by atoms with Gasteiger partial charge in [-0.1, -0.05) is 12.1 Å². The van der Waals surface area contributed by atoms with Crippen LogP contribution in [-0.2, 0) is 11.3 Å². The Labute approximate surface area is 109 Å². The van der Waals surface area contributed by atoms with Crippen molar-refractivity contribution in [3.8, 4) is 5.82 Å². The van der Waals surface area contributed by atoms with Gasteiger partial charge < -0.3 is 10.5 Å². The summed E-state index contributed by atoms with van der Waals surface area (Å²) < 4.78 is 6.92. The van der Waals surface area contributed by atoms with Gasteiger partial charge in [-0.05, 0) is 12.1 Å². The Hall–Kier alpha value is -2.47. The van der Waals surface area contributed by atoms with Crippen molar-refractivity contribution in [1.29, 1.82) is 0 Å². The van der Waals surface area contributed by atoms with Crippen LogP contribution in [-0.4, -0.2) is 26.6 Å². The van der Waals surface area contributed by atoms with Gasteiger partial charge in [-0.3, -0.25) is 4.57 Å². The number of hydrogen-bond donors (Lipinski definition) is 1. The summed E-state index contributed by atoms with van der Waals surface area (Å²) in [6, 6.07) is 9.56. The molecule has 0 atom stereocenters. The molecular formula is C13H13N5O. The van der Waals surface area contributed by atoms with Gasteiger partial charge in [0.05, 0.1) is 11.0 Å². The molecule has 0 spiro atoms. The number of nitrogens with zero attached hydrogens (tertiary/aromatic N) is 4. The zero-order valence-corrected chi connectivity index (χ0v) is 10.4. The summed E-state index contributed by atoms with van der Waals surface area (Å²) in [5.74, 6) is 1.65. The first-order valence-corrected chi connectivity index (χ1v) is 5.83. The molecule has 6 nitrogen and oxygen atoms in total. The highest BCUT2D eigenvalue weighted by molar-refractivity contribution is 5.76. The number of rotatable bonds is 3. The van der Waals surface area contributed by atoms with E-state index in [9.17, 15) is 0 Å². The first-order valence-electron chi connectivity index (χ1n) is 5.83. The zero-order chi connectivity index (χ0) is 13.2. The lowest BCUT2D eigenvalue weighted by molar-refractivity contribution is 0.178. The van der Waals surface area contributed by atoms with E-state index < -0.39 is 0 Å². The molecule has 1 aromatic carbocycles. The molecule has 0 aliphatic carbocycles. The van der Waals surface area contributed by atoms with Gasteiger partial charge in [0.25, 0.3) is 0 Å². The summed E-state index contributed by atoms with van der Waals surface area (Å²) in [5, 5.41) is 0. The summed E-state index contributed by atoms with van der Waals surface area (Å²) in [6.45, 7) is 0.324. The predicted octanol–water partition coefficient (Wildman–Crippen LogP) is 1.54. The fraction of sp³-hybridized carbons (Fsp3) is 0.154. The summed E-state index contributed by atoms with van der Waals surface area (Å²) in [7, 11) is 1.60. The molecular weight excluding hydrogens is 242 g/mol. The highest BCUT2D eigenvalue weighted by atomic mass is 16.5. The fourth-order valence-electron chi connectivity index (χ4n) is 1.96. The molecule has 96 valence electrons. The lowest BCUT2D eigenvalue weighted by atomic mass is 10.3. The smallest absolute Gasteiger partial charge is 0.158 e. The number of nitrogen functional groups attached to an aromatic ring is 1. The molecule has 2 N–H and O–H groups in total. The highest BCUT2D eigenvalue weighted by Crippen LogP contribution is 2.17. The Kier molecular flexibility index (Phi) is 2.85. The summed E-state index contributed by atoms with van der Waals surface area (Å²) in [6.07, 6.45) is 1.73. The second kappa shape index (κ2) is 4.66. The van der Waals surface area contributed by atoms with Crippen molar-refractivity contribution >= 4 is 16.9 Å². The third-order valence-corrected chi connectivity index (χ3v) is 2.75. The normalized spacial score (nSPS) is 11.0. The molecule has 19 heavy (non-hydrogen) atoms. The molecule has 0 radical (unpaired) electrons. The maximum atomic E-state index is 5.80. The average Bonchev–Trinajstić information content (AvgIpc) is 2.82. The first kappa shape index (κ1) is 11.6. The second-order valence-electron chi connectivity index (χ2n) is 4.10. The summed E-state index contributed by atoms with van der Waals surface area (Å²) in [5.41, 5.74) is 7.69. The van der Waals surface area contributed by atoms with Crippen molar-refractivity contribution < 1.29 is 4.74 Å². The number of hydrogen-bond acceptors (Lipinski definition) is 5. The molecule has 2 heterocycles. The quantitative estimate of drug-likeness (QED) is 0.768. The SMILES string of the molecule is COCc1nc(N)cc(-n2cnc3ccccc32)n1. The van der Waals surface area contributed by atoms with Gasteiger partial charge in [0.15, 0.2) is 5.82 Å². The van der Waals surface area contributed by atoms with Crippen molar-refractivity contribution in [3.63, 3.8) is 0 Å². The molecule has 0 saturated carbocycles. The van der Waals surface area contributed by atoms with E-state index in [-0.39, 0.29) is 0 Å². The Balaban J connectivity index is 2.15. The van der Waals surface area contributed by atoms with E-state index in [1.165, 1.54) is 0 Å². The molecule has 2 aromatic heterocycles. The van der Waals surface area contributed by atoms with E-state index in [2.05, 4.69) is 15.0 Å². The standard InChI is InChI=1S/C13H13N5O/c1-19-7-12-16-11(14)6-13(17-12)18-8-15-9-4-2-3-5-10(9)18/h2-6,8H,7H2,1H3,(H2,14,16,17). The van der Waals surface area contributed by atoms with Gasteiger partial charge in [0, 0.05) is 13.2 Å².